The molecule has 0 unspecified atom stereocenters. The summed E-state index contributed by atoms with van der Waals surface area (Å²) < 4.78 is 6.20. The molecule has 5 heteroatoms. The zero-order valence-corrected chi connectivity index (χ0v) is 23.9. The minimum atomic E-state index is -1.90. The van der Waals surface area contributed by atoms with Crippen molar-refractivity contribution in [1.82, 2.24) is 0 Å². The minimum Gasteiger partial charge on any atom is -1.00 e. The normalized spacial score (nSPS) is 11.0. The van der Waals surface area contributed by atoms with E-state index in [4.69, 9.17) is 4.74 Å². The van der Waals surface area contributed by atoms with E-state index in [-0.39, 0.29) is 28.5 Å². The van der Waals surface area contributed by atoms with Crippen LogP contribution in [0.2, 0.25) is 0 Å². The Bertz CT molecular complexity index is 1180. The second-order valence-corrected chi connectivity index (χ2v) is 12.6. The van der Waals surface area contributed by atoms with Crippen molar-refractivity contribution in [3.8, 4) is 11.5 Å². The monoisotopic (exact) mass is 576 g/mol. The molecular formula is C32H34BrO3P. The number of halogens is 1. The highest BCUT2D eigenvalue weighted by molar-refractivity contribution is 7.95. The highest BCUT2D eigenvalue weighted by Crippen LogP contribution is 2.55. The molecule has 0 saturated heterocycles. The van der Waals surface area contributed by atoms with Gasteiger partial charge in [0.25, 0.3) is 0 Å². The highest BCUT2D eigenvalue weighted by Gasteiger charge is 2.44. The molecule has 3 nitrogen and oxygen atoms in total. The van der Waals surface area contributed by atoms with Crippen molar-refractivity contribution < 1.29 is 31.6 Å². The second-order valence-electron chi connectivity index (χ2n) is 9.03. The summed E-state index contributed by atoms with van der Waals surface area (Å²) in [6.45, 7) is 4.06. The third-order valence-electron chi connectivity index (χ3n) is 6.56. The van der Waals surface area contributed by atoms with Gasteiger partial charge in [-0.05, 0) is 67.4 Å². The lowest BCUT2D eigenvalue weighted by Crippen LogP contribution is -3.00. The first-order chi connectivity index (χ1) is 17.6. The van der Waals surface area contributed by atoms with Gasteiger partial charge in [-0.25, -0.2) is 0 Å². The van der Waals surface area contributed by atoms with Gasteiger partial charge in [-0.1, -0.05) is 67.9 Å². The molecule has 0 radical (unpaired) electrons. The molecule has 37 heavy (non-hydrogen) atoms. The quantitative estimate of drug-likeness (QED) is 0.169. The van der Waals surface area contributed by atoms with Crippen molar-refractivity contribution in [2.24, 2.45) is 0 Å². The molecule has 0 aromatic heterocycles. The summed E-state index contributed by atoms with van der Waals surface area (Å²) >= 11 is 0. The fourth-order valence-corrected chi connectivity index (χ4v) is 9.17. The first-order valence-corrected chi connectivity index (χ1v) is 14.6. The van der Waals surface area contributed by atoms with Gasteiger partial charge in [-0.3, -0.25) is 4.79 Å². The summed E-state index contributed by atoms with van der Waals surface area (Å²) in [7, 11) is -1.90. The maximum Gasteiger partial charge on any atom is 0.163 e. The number of Topliss-reactive ketones (excluding diaryl/α,β-unsaturated/α-hetero) is 1. The molecule has 0 atom stereocenters. The third-order valence-corrected chi connectivity index (χ3v) is 11.1. The molecule has 0 heterocycles. The van der Waals surface area contributed by atoms with Gasteiger partial charge in [0.2, 0.25) is 0 Å². The van der Waals surface area contributed by atoms with E-state index in [2.05, 4.69) is 97.9 Å². The van der Waals surface area contributed by atoms with Crippen LogP contribution in [-0.4, -0.2) is 23.7 Å². The van der Waals surface area contributed by atoms with E-state index in [0.717, 1.165) is 24.6 Å². The Morgan fingerprint density at radius 2 is 1.30 bits per heavy atom. The Balaban J connectivity index is 0.00000380. The molecule has 0 fully saturated rings. The van der Waals surface area contributed by atoms with Crippen LogP contribution in [0.25, 0.3) is 0 Å². The third kappa shape index (κ3) is 6.50. The number of phenolic OH excluding ortho intramolecular Hbond substituents is 1. The number of benzene rings is 4. The van der Waals surface area contributed by atoms with Gasteiger partial charge in [0, 0.05) is 6.42 Å². The summed E-state index contributed by atoms with van der Waals surface area (Å²) in [5, 5.41) is 14.6. The summed E-state index contributed by atoms with van der Waals surface area (Å²) in [5.41, 5.74) is 1.09. The highest BCUT2D eigenvalue weighted by atomic mass is 79.9. The lowest BCUT2D eigenvalue weighted by molar-refractivity contribution is -0.0000168. The number of hydrogen-bond acceptors (Lipinski definition) is 3. The predicted octanol–water partition coefficient (Wildman–Crippen LogP) is 3.31. The molecule has 1 N–H and O–H groups in total. The molecule has 0 aliphatic heterocycles. The van der Waals surface area contributed by atoms with Crippen LogP contribution in [0.3, 0.4) is 0 Å². The first kappa shape index (κ1) is 28.6. The molecule has 0 saturated carbocycles. The number of aromatic hydroxyl groups is 1. The summed E-state index contributed by atoms with van der Waals surface area (Å²) in [6.07, 6.45) is 3.40. The Morgan fingerprint density at radius 1 is 0.811 bits per heavy atom. The largest absolute Gasteiger partial charge is 1.00 e. The van der Waals surface area contributed by atoms with Crippen LogP contribution in [0, 0.1) is 0 Å². The average Bonchev–Trinajstić information content (AvgIpc) is 2.92. The summed E-state index contributed by atoms with van der Waals surface area (Å²) in [6, 6.07) is 36.0. The Kier molecular flexibility index (Phi) is 10.5. The lowest BCUT2D eigenvalue weighted by Gasteiger charge is -2.27. The molecule has 192 valence electrons. The fourth-order valence-electron chi connectivity index (χ4n) is 4.85. The van der Waals surface area contributed by atoms with Crippen LogP contribution in [0.4, 0.5) is 0 Å². The molecular weight excluding hydrogens is 543 g/mol. The summed E-state index contributed by atoms with van der Waals surface area (Å²) in [5.74, 6) is 0.570. The smallest absolute Gasteiger partial charge is 0.163 e. The number of ether oxygens (including phenoxy) is 1. The van der Waals surface area contributed by atoms with Gasteiger partial charge < -0.3 is 26.8 Å². The van der Waals surface area contributed by atoms with Crippen LogP contribution in [0.15, 0.2) is 103 Å². The van der Waals surface area contributed by atoms with Crippen LogP contribution in [-0.2, 0) is 6.42 Å². The average molecular weight is 577 g/mol. The van der Waals surface area contributed by atoms with Crippen molar-refractivity contribution >= 4 is 29.0 Å². The maximum absolute atomic E-state index is 12.1. The first-order valence-electron chi connectivity index (χ1n) is 12.6. The summed E-state index contributed by atoms with van der Waals surface area (Å²) in [4.78, 5) is 12.1. The molecule has 0 bridgehead atoms. The number of aryl methyl sites for hydroxylation is 1. The molecule has 4 aromatic carbocycles. The van der Waals surface area contributed by atoms with Crippen molar-refractivity contribution in [3.05, 3.63) is 114 Å². The van der Waals surface area contributed by atoms with Crippen molar-refractivity contribution in [3.63, 3.8) is 0 Å². The minimum absolute atomic E-state index is 0. The van der Waals surface area contributed by atoms with Gasteiger partial charge in [0.05, 0.1) is 18.3 Å². The van der Waals surface area contributed by atoms with Crippen molar-refractivity contribution in [1.29, 1.82) is 0 Å². The van der Waals surface area contributed by atoms with E-state index < -0.39 is 7.26 Å². The number of rotatable bonds is 11. The number of hydrogen-bond donors (Lipinski definition) is 1. The Hall–Kier alpha value is -2.94. The number of ketones is 1. The van der Waals surface area contributed by atoms with Gasteiger partial charge >= 0.3 is 0 Å². The van der Waals surface area contributed by atoms with Crippen molar-refractivity contribution in [2.75, 3.05) is 12.8 Å². The molecule has 4 rings (SSSR count). The standard InChI is InChI=1S/C32H33O3P.BrH/c1-3-14-26-23-27(24-31(25(2)33)32(26)34)35-21-13-22-36(28-15-7-4-8-16-28,29-17-9-5-10-18-29)30-19-11-6-12-20-30;/h4-12,15-20,23-24H,3,13-14,21-22H2,1-2H3;1H. The van der Waals surface area contributed by atoms with E-state index in [1.807, 2.05) is 6.07 Å². The lowest BCUT2D eigenvalue weighted by atomic mass is 10.0. The van der Waals surface area contributed by atoms with Gasteiger partial charge in [0.1, 0.15) is 34.7 Å². The molecule has 4 aromatic rings. The second kappa shape index (κ2) is 13.6. The molecule has 0 aliphatic carbocycles. The van der Waals surface area contributed by atoms with Gasteiger partial charge in [-0.15, -0.1) is 0 Å². The number of phenols is 1. The SMILES string of the molecule is CCCc1cc(OCCC[P+](c2ccccc2)(c2ccccc2)c2ccccc2)cc(C(C)=O)c1O.[Br-]. The van der Waals surface area contributed by atoms with E-state index in [0.29, 0.717) is 24.3 Å². The van der Waals surface area contributed by atoms with Gasteiger partial charge in [-0.2, -0.15) is 0 Å². The number of carbonyl (C=O) groups is 1. The van der Waals surface area contributed by atoms with Gasteiger partial charge in [0.15, 0.2) is 5.78 Å². The molecule has 0 amide bonds. The van der Waals surface area contributed by atoms with E-state index in [1.54, 1.807) is 6.07 Å². The number of carbonyl (C=O) groups excluding carboxylic acids is 1. The zero-order chi connectivity index (χ0) is 25.4. The zero-order valence-electron chi connectivity index (χ0n) is 21.4. The van der Waals surface area contributed by atoms with Crippen LogP contribution < -0.4 is 37.6 Å². The van der Waals surface area contributed by atoms with E-state index in [1.165, 1.54) is 22.8 Å². The maximum atomic E-state index is 12.1. The molecule has 0 spiro atoms. The van der Waals surface area contributed by atoms with Crippen LogP contribution in [0.1, 0.15) is 42.6 Å². The van der Waals surface area contributed by atoms with Crippen LogP contribution >= 0.6 is 7.26 Å². The predicted molar refractivity (Wildman–Crippen MR) is 152 cm³/mol. The van der Waals surface area contributed by atoms with Crippen molar-refractivity contribution in [2.45, 2.75) is 33.1 Å². The van der Waals surface area contributed by atoms with Crippen LogP contribution in [0.5, 0.6) is 11.5 Å². The van der Waals surface area contributed by atoms with E-state index in [9.17, 15) is 9.90 Å². The topological polar surface area (TPSA) is 46.5 Å². The fraction of sp³-hybridized carbons (Fsp3) is 0.219. The Morgan fingerprint density at radius 3 is 1.73 bits per heavy atom. The van der Waals surface area contributed by atoms with E-state index >= 15 is 0 Å². The molecule has 0 aliphatic rings. The Labute approximate surface area is 231 Å².